The van der Waals surface area contributed by atoms with Crippen LogP contribution < -0.4 is 4.31 Å². The molecule has 1 aromatic rings. The van der Waals surface area contributed by atoms with Crippen LogP contribution in [0.2, 0.25) is 0 Å². The first-order chi connectivity index (χ1) is 7.75. The van der Waals surface area contributed by atoms with Crippen LogP contribution in [-0.4, -0.2) is 31.8 Å². The molecule has 0 aliphatic carbocycles. The van der Waals surface area contributed by atoms with E-state index in [2.05, 4.69) is 0 Å². The molecule has 0 radical (unpaired) electrons. The molecule has 1 unspecified atom stereocenters. The first-order valence-electron chi connectivity index (χ1n) is 4.72. The van der Waals surface area contributed by atoms with E-state index in [4.69, 9.17) is 5.11 Å². The summed E-state index contributed by atoms with van der Waals surface area (Å²) in [6.45, 7) is 1.18. The second-order valence-electron chi connectivity index (χ2n) is 3.52. The molecule has 0 aliphatic rings. The third-order valence-corrected chi connectivity index (χ3v) is 3.38. The summed E-state index contributed by atoms with van der Waals surface area (Å²) in [5.74, 6) is -2.13. The number of anilines is 1. The number of halogens is 1. The van der Waals surface area contributed by atoms with Gasteiger partial charge in [-0.05, 0) is 19.1 Å². The number of rotatable bonds is 4. The van der Waals surface area contributed by atoms with Gasteiger partial charge in [0.05, 0.1) is 11.9 Å². The molecule has 0 fully saturated rings. The number of hydrogen-bond acceptors (Lipinski definition) is 3. The molecule has 0 saturated carbocycles. The van der Waals surface area contributed by atoms with Crippen molar-refractivity contribution < 1.29 is 22.7 Å². The van der Waals surface area contributed by atoms with Crippen LogP contribution in [0.5, 0.6) is 0 Å². The fourth-order valence-corrected chi connectivity index (χ4v) is 2.58. The smallest absolute Gasteiger partial charge is 0.327 e. The number of carboxylic acids is 1. The average molecular weight is 261 g/mol. The summed E-state index contributed by atoms with van der Waals surface area (Å²) in [7, 11) is -3.87. The maximum Gasteiger partial charge on any atom is 0.327 e. The topological polar surface area (TPSA) is 74.7 Å². The highest BCUT2D eigenvalue weighted by Gasteiger charge is 2.30. The standard InChI is InChI=1S/C10H12FNO4S/c1-7(10(13)14)12(17(2,15)16)9-6-4-3-5-8(9)11/h3-7H,1-2H3,(H,13,14). The molecule has 0 saturated heterocycles. The first-order valence-corrected chi connectivity index (χ1v) is 6.56. The predicted octanol–water partition coefficient (Wildman–Crippen LogP) is 1.06. The molecule has 0 heterocycles. The van der Waals surface area contributed by atoms with Gasteiger partial charge in [-0.1, -0.05) is 12.1 Å². The summed E-state index contributed by atoms with van der Waals surface area (Å²) >= 11 is 0. The van der Waals surface area contributed by atoms with E-state index in [1.807, 2.05) is 0 Å². The molecule has 0 aliphatic heterocycles. The van der Waals surface area contributed by atoms with Crippen LogP contribution in [0.25, 0.3) is 0 Å². The molecule has 1 aromatic carbocycles. The van der Waals surface area contributed by atoms with E-state index < -0.39 is 27.9 Å². The van der Waals surface area contributed by atoms with Crippen molar-refractivity contribution in [1.82, 2.24) is 0 Å². The van der Waals surface area contributed by atoms with Gasteiger partial charge in [0, 0.05) is 0 Å². The highest BCUT2D eigenvalue weighted by atomic mass is 32.2. The lowest BCUT2D eigenvalue weighted by atomic mass is 10.2. The van der Waals surface area contributed by atoms with Crippen molar-refractivity contribution in [3.8, 4) is 0 Å². The minimum Gasteiger partial charge on any atom is -0.480 e. The number of nitrogens with zero attached hydrogens (tertiary/aromatic N) is 1. The lowest BCUT2D eigenvalue weighted by Gasteiger charge is -2.26. The van der Waals surface area contributed by atoms with Crippen LogP contribution in [0.3, 0.4) is 0 Å². The lowest BCUT2D eigenvalue weighted by Crippen LogP contribution is -2.43. The number of benzene rings is 1. The van der Waals surface area contributed by atoms with E-state index in [9.17, 15) is 17.6 Å². The summed E-state index contributed by atoms with van der Waals surface area (Å²) < 4.78 is 37.1. The minimum atomic E-state index is -3.87. The van der Waals surface area contributed by atoms with Crippen LogP contribution in [0, 0.1) is 5.82 Å². The van der Waals surface area contributed by atoms with Crippen molar-refractivity contribution in [3.05, 3.63) is 30.1 Å². The van der Waals surface area contributed by atoms with Gasteiger partial charge in [0.15, 0.2) is 0 Å². The lowest BCUT2D eigenvalue weighted by molar-refractivity contribution is -0.137. The summed E-state index contributed by atoms with van der Waals surface area (Å²) in [4.78, 5) is 10.8. The Hall–Kier alpha value is -1.63. The summed E-state index contributed by atoms with van der Waals surface area (Å²) in [6.07, 6.45) is 0.832. The largest absolute Gasteiger partial charge is 0.480 e. The quantitative estimate of drug-likeness (QED) is 0.879. The minimum absolute atomic E-state index is 0.273. The zero-order valence-corrected chi connectivity index (χ0v) is 10.1. The van der Waals surface area contributed by atoms with E-state index in [-0.39, 0.29) is 5.69 Å². The molecule has 94 valence electrons. The van der Waals surface area contributed by atoms with E-state index in [0.29, 0.717) is 4.31 Å². The zero-order chi connectivity index (χ0) is 13.2. The molecular formula is C10H12FNO4S. The van der Waals surface area contributed by atoms with Crippen molar-refractivity contribution in [1.29, 1.82) is 0 Å². The molecule has 0 bridgehead atoms. The van der Waals surface area contributed by atoms with Gasteiger partial charge in [0.25, 0.3) is 0 Å². The Kier molecular flexibility index (Phi) is 3.72. The first kappa shape index (κ1) is 13.4. The van der Waals surface area contributed by atoms with E-state index in [1.54, 1.807) is 0 Å². The highest BCUT2D eigenvalue weighted by Crippen LogP contribution is 2.23. The third-order valence-electron chi connectivity index (χ3n) is 2.16. The van der Waals surface area contributed by atoms with Gasteiger partial charge in [-0.15, -0.1) is 0 Å². The Balaban J connectivity index is 3.36. The van der Waals surface area contributed by atoms with Crippen LogP contribution >= 0.6 is 0 Å². The average Bonchev–Trinajstić information content (AvgIpc) is 2.19. The van der Waals surface area contributed by atoms with Crippen LogP contribution in [0.15, 0.2) is 24.3 Å². The molecule has 1 N–H and O–H groups in total. The van der Waals surface area contributed by atoms with Crippen LogP contribution in [0.4, 0.5) is 10.1 Å². The van der Waals surface area contributed by atoms with Gasteiger partial charge in [0.1, 0.15) is 11.9 Å². The van der Waals surface area contributed by atoms with Gasteiger partial charge in [-0.2, -0.15) is 0 Å². The Bertz CT molecular complexity index is 529. The fraction of sp³-hybridized carbons (Fsp3) is 0.300. The fourth-order valence-electron chi connectivity index (χ4n) is 1.41. The van der Waals surface area contributed by atoms with Gasteiger partial charge >= 0.3 is 5.97 Å². The molecule has 7 heteroatoms. The van der Waals surface area contributed by atoms with Gasteiger partial charge in [-0.3, -0.25) is 4.31 Å². The van der Waals surface area contributed by atoms with E-state index >= 15 is 0 Å². The summed E-state index contributed by atoms with van der Waals surface area (Å²) in [5, 5.41) is 8.84. The van der Waals surface area contributed by atoms with Crippen LogP contribution in [0.1, 0.15) is 6.92 Å². The molecule has 0 aromatic heterocycles. The van der Waals surface area contributed by atoms with Crippen LogP contribution in [-0.2, 0) is 14.8 Å². The van der Waals surface area contributed by atoms with Crippen molar-refractivity contribution >= 4 is 21.7 Å². The second kappa shape index (κ2) is 4.70. The number of carboxylic acid groups (broad SMARTS) is 1. The van der Waals surface area contributed by atoms with Crippen molar-refractivity contribution in [2.24, 2.45) is 0 Å². The Morgan fingerprint density at radius 3 is 2.35 bits per heavy atom. The maximum absolute atomic E-state index is 13.5. The monoisotopic (exact) mass is 261 g/mol. The molecule has 0 amide bonds. The Labute approximate surface area is 98.5 Å². The molecule has 1 rings (SSSR count). The Morgan fingerprint density at radius 2 is 1.94 bits per heavy atom. The van der Waals surface area contributed by atoms with E-state index in [1.165, 1.54) is 25.1 Å². The molecular weight excluding hydrogens is 249 g/mol. The van der Waals surface area contributed by atoms with Gasteiger partial charge in [0.2, 0.25) is 10.0 Å². The number of sulfonamides is 1. The summed E-state index contributed by atoms with van der Waals surface area (Å²) in [5.41, 5.74) is -0.273. The number of aliphatic carboxylic acids is 1. The van der Waals surface area contributed by atoms with Crippen molar-refractivity contribution in [2.45, 2.75) is 13.0 Å². The summed E-state index contributed by atoms with van der Waals surface area (Å²) in [6, 6.07) is 3.75. The molecule has 0 spiro atoms. The molecule has 17 heavy (non-hydrogen) atoms. The Morgan fingerprint density at radius 1 is 1.41 bits per heavy atom. The van der Waals surface area contributed by atoms with Crippen molar-refractivity contribution in [2.75, 3.05) is 10.6 Å². The number of para-hydroxylation sites is 1. The zero-order valence-electron chi connectivity index (χ0n) is 9.29. The SMILES string of the molecule is CC(C(=O)O)N(c1ccccc1F)S(C)(=O)=O. The normalized spacial score (nSPS) is 13.1. The molecule has 1 atom stereocenters. The predicted molar refractivity (Wildman–Crippen MR) is 60.8 cm³/mol. The molecule has 5 nitrogen and oxygen atoms in total. The number of hydrogen-bond donors (Lipinski definition) is 1. The second-order valence-corrected chi connectivity index (χ2v) is 5.38. The highest BCUT2D eigenvalue weighted by molar-refractivity contribution is 7.92. The van der Waals surface area contributed by atoms with E-state index in [0.717, 1.165) is 12.3 Å². The third kappa shape index (κ3) is 2.94. The number of carbonyl (C=O) groups is 1. The van der Waals surface area contributed by atoms with Gasteiger partial charge < -0.3 is 5.11 Å². The van der Waals surface area contributed by atoms with Gasteiger partial charge in [-0.25, -0.2) is 17.6 Å². The van der Waals surface area contributed by atoms with Crippen molar-refractivity contribution in [3.63, 3.8) is 0 Å². The maximum atomic E-state index is 13.5.